The van der Waals surface area contributed by atoms with E-state index in [1.165, 1.54) is 20.3 Å². The molecule has 122 valence electrons. The molecule has 1 aromatic rings. The fraction of sp³-hybridized carbons (Fsp3) is 0.333. The summed E-state index contributed by atoms with van der Waals surface area (Å²) in [6, 6.07) is 4.75. The number of ether oxygens (including phenoxy) is 3. The van der Waals surface area contributed by atoms with Gasteiger partial charge in [-0.15, -0.1) is 0 Å². The third kappa shape index (κ3) is 4.06. The molecule has 1 aliphatic rings. The van der Waals surface area contributed by atoms with Crippen LogP contribution in [0.4, 0.5) is 0 Å². The minimum Gasteiger partial charge on any atom is -0.497 e. The van der Waals surface area contributed by atoms with Crippen LogP contribution >= 0.6 is 0 Å². The van der Waals surface area contributed by atoms with Gasteiger partial charge in [-0.25, -0.2) is 10.2 Å². The van der Waals surface area contributed by atoms with Crippen LogP contribution in [0.3, 0.4) is 0 Å². The Bertz CT molecular complexity index is 668. The topological polar surface area (TPSA) is 103 Å². The number of Topliss-reactive ketones (excluding diaryl/α,β-unsaturated/α-hetero) is 1. The Morgan fingerprint density at radius 2 is 2.00 bits per heavy atom. The number of esters is 1. The predicted octanol–water partition coefficient (Wildman–Crippen LogP) is 0.696. The molecule has 1 amide bonds. The second kappa shape index (κ2) is 7.39. The first-order chi connectivity index (χ1) is 11.0. The average molecular weight is 320 g/mol. The lowest BCUT2D eigenvalue weighted by Crippen LogP contribution is -2.31. The lowest BCUT2D eigenvalue weighted by molar-refractivity contribution is -0.134. The molecule has 8 nitrogen and oxygen atoms in total. The van der Waals surface area contributed by atoms with Crippen LogP contribution in [0.1, 0.15) is 23.2 Å². The van der Waals surface area contributed by atoms with E-state index in [1.54, 1.807) is 12.1 Å². The zero-order valence-electron chi connectivity index (χ0n) is 12.8. The zero-order chi connectivity index (χ0) is 16.8. The van der Waals surface area contributed by atoms with Crippen molar-refractivity contribution >= 4 is 23.4 Å². The smallest absolute Gasteiger partial charge is 0.354 e. The van der Waals surface area contributed by atoms with E-state index < -0.39 is 18.4 Å². The molecule has 0 saturated carbocycles. The van der Waals surface area contributed by atoms with E-state index in [0.29, 0.717) is 11.5 Å². The summed E-state index contributed by atoms with van der Waals surface area (Å²) in [6.45, 7) is -0.463. The van der Waals surface area contributed by atoms with E-state index in [-0.39, 0.29) is 30.0 Å². The Morgan fingerprint density at radius 3 is 2.61 bits per heavy atom. The standard InChI is InChI=1S/C15H16N2O6/c1-21-9-3-5-13(22-2)10(7-9)12(18)8-23-15(20)11-4-6-14(19)17-16-11/h3,5,7H,4,6,8H2,1-2H3,(H,17,19). The highest BCUT2D eigenvalue weighted by Gasteiger charge is 2.21. The maximum atomic E-state index is 12.2. The van der Waals surface area contributed by atoms with E-state index in [1.807, 2.05) is 0 Å². The SMILES string of the molecule is COc1ccc(OC)c(C(=O)COC(=O)C2=NNC(=O)CC2)c1. The summed E-state index contributed by atoms with van der Waals surface area (Å²) >= 11 is 0. The molecule has 1 N–H and O–H groups in total. The number of amides is 1. The molecule has 0 aliphatic carbocycles. The van der Waals surface area contributed by atoms with Crippen molar-refractivity contribution in [1.82, 2.24) is 5.43 Å². The van der Waals surface area contributed by atoms with Gasteiger partial charge in [0.1, 0.15) is 17.2 Å². The second-order valence-corrected chi connectivity index (χ2v) is 4.66. The van der Waals surface area contributed by atoms with Gasteiger partial charge >= 0.3 is 5.97 Å². The molecule has 0 spiro atoms. The first-order valence-corrected chi connectivity index (χ1v) is 6.83. The van der Waals surface area contributed by atoms with Crippen molar-refractivity contribution in [1.29, 1.82) is 0 Å². The Hall–Kier alpha value is -2.90. The molecular formula is C15H16N2O6. The van der Waals surface area contributed by atoms with Gasteiger partial charge in [0.25, 0.3) is 0 Å². The largest absolute Gasteiger partial charge is 0.497 e. The van der Waals surface area contributed by atoms with Crippen molar-refractivity contribution in [3.63, 3.8) is 0 Å². The Morgan fingerprint density at radius 1 is 1.22 bits per heavy atom. The third-order valence-corrected chi connectivity index (χ3v) is 3.18. The Kier molecular flexibility index (Phi) is 5.29. The van der Waals surface area contributed by atoms with Gasteiger partial charge in [-0.2, -0.15) is 5.10 Å². The van der Waals surface area contributed by atoms with Gasteiger partial charge in [-0.3, -0.25) is 9.59 Å². The van der Waals surface area contributed by atoms with E-state index in [2.05, 4.69) is 10.5 Å². The van der Waals surface area contributed by atoms with Crippen molar-refractivity contribution in [2.45, 2.75) is 12.8 Å². The lowest BCUT2D eigenvalue weighted by atomic mass is 10.1. The molecule has 1 aromatic carbocycles. The minimum absolute atomic E-state index is 0.0787. The molecule has 1 aliphatic heterocycles. The van der Waals surface area contributed by atoms with Crippen LogP contribution in [0.25, 0.3) is 0 Å². The molecule has 0 saturated heterocycles. The summed E-state index contributed by atoms with van der Waals surface area (Å²) in [4.78, 5) is 35.0. The number of hydrogen-bond acceptors (Lipinski definition) is 7. The van der Waals surface area contributed by atoms with Crippen LogP contribution in [0.5, 0.6) is 11.5 Å². The highest BCUT2D eigenvalue weighted by atomic mass is 16.5. The van der Waals surface area contributed by atoms with Crippen LogP contribution in [0.15, 0.2) is 23.3 Å². The van der Waals surface area contributed by atoms with Crippen molar-refractivity contribution < 1.29 is 28.6 Å². The molecular weight excluding hydrogens is 304 g/mol. The summed E-state index contributed by atoms with van der Waals surface area (Å²) in [6.07, 6.45) is 0.340. The van der Waals surface area contributed by atoms with Crippen molar-refractivity contribution in [3.05, 3.63) is 23.8 Å². The number of carbonyl (C=O) groups is 3. The quantitative estimate of drug-likeness (QED) is 0.611. The summed E-state index contributed by atoms with van der Waals surface area (Å²) < 4.78 is 15.1. The van der Waals surface area contributed by atoms with Gasteiger partial charge in [0, 0.05) is 12.8 Å². The van der Waals surface area contributed by atoms with Crippen molar-refractivity contribution in [2.24, 2.45) is 5.10 Å². The number of benzene rings is 1. The zero-order valence-corrected chi connectivity index (χ0v) is 12.8. The summed E-state index contributed by atoms with van der Waals surface area (Å²) in [7, 11) is 2.91. The molecule has 0 fully saturated rings. The van der Waals surface area contributed by atoms with E-state index in [4.69, 9.17) is 14.2 Å². The number of rotatable bonds is 6. The highest BCUT2D eigenvalue weighted by molar-refractivity contribution is 6.37. The molecule has 0 atom stereocenters. The van der Waals surface area contributed by atoms with Gasteiger partial charge in [-0.1, -0.05) is 0 Å². The number of carbonyl (C=O) groups excluding carboxylic acids is 3. The van der Waals surface area contributed by atoms with E-state index in [0.717, 1.165) is 0 Å². The number of hydrazone groups is 1. The van der Waals surface area contributed by atoms with Crippen LogP contribution in [0.2, 0.25) is 0 Å². The number of nitrogens with zero attached hydrogens (tertiary/aromatic N) is 1. The fourth-order valence-corrected chi connectivity index (χ4v) is 1.95. The highest BCUT2D eigenvalue weighted by Crippen LogP contribution is 2.24. The molecule has 0 radical (unpaired) electrons. The second-order valence-electron chi connectivity index (χ2n) is 4.66. The lowest BCUT2D eigenvalue weighted by Gasteiger charge is -2.12. The third-order valence-electron chi connectivity index (χ3n) is 3.18. The van der Waals surface area contributed by atoms with E-state index in [9.17, 15) is 14.4 Å². The predicted molar refractivity (Wildman–Crippen MR) is 79.6 cm³/mol. The molecule has 2 rings (SSSR count). The van der Waals surface area contributed by atoms with Crippen LogP contribution in [-0.2, 0) is 14.3 Å². The summed E-state index contributed by atoms with van der Waals surface area (Å²) in [5.41, 5.74) is 2.52. The number of hydrogen-bond donors (Lipinski definition) is 1. The van der Waals surface area contributed by atoms with Gasteiger partial charge in [0.2, 0.25) is 11.7 Å². The van der Waals surface area contributed by atoms with Gasteiger partial charge in [0.05, 0.1) is 19.8 Å². The number of ketones is 1. The van der Waals surface area contributed by atoms with Crippen LogP contribution in [0, 0.1) is 0 Å². The molecule has 1 heterocycles. The first-order valence-electron chi connectivity index (χ1n) is 6.83. The number of nitrogens with one attached hydrogen (secondary N) is 1. The maximum Gasteiger partial charge on any atom is 0.354 e. The van der Waals surface area contributed by atoms with Crippen LogP contribution < -0.4 is 14.9 Å². The minimum atomic E-state index is -0.736. The Labute approximate surface area is 132 Å². The number of methoxy groups -OCH3 is 2. The Balaban J connectivity index is 2.02. The van der Waals surface area contributed by atoms with Gasteiger partial charge in [-0.05, 0) is 18.2 Å². The normalized spacial score (nSPS) is 13.7. The molecule has 0 unspecified atom stereocenters. The molecule has 0 bridgehead atoms. The maximum absolute atomic E-state index is 12.2. The van der Waals surface area contributed by atoms with Gasteiger partial charge < -0.3 is 14.2 Å². The monoisotopic (exact) mass is 320 g/mol. The van der Waals surface area contributed by atoms with Crippen LogP contribution in [-0.4, -0.2) is 44.2 Å². The molecule has 23 heavy (non-hydrogen) atoms. The van der Waals surface area contributed by atoms with Crippen molar-refractivity contribution in [3.8, 4) is 11.5 Å². The molecule has 8 heteroatoms. The summed E-state index contributed by atoms with van der Waals surface area (Å²) in [5, 5.41) is 3.61. The first kappa shape index (κ1) is 16.5. The molecule has 0 aromatic heterocycles. The van der Waals surface area contributed by atoms with E-state index >= 15 is 0 Å². The average Bonchev–Trinajstić information content (AvgIpc) is 2.59. The fourth-order valence-electron chi connectivity index (χ4n) is 1.95. The summed E-state index contributed by atoms with van der Waals surface area (Å²) in [5.74, 6) is -0.595. The van der Waals surface area contributed by atoms with Crippen molar-refractivity contribution in [2.75, 3.05) is 20.8 Å². The van der Waals surface area contributed by atoms with Gasteiger partial charge in [0.15, 0.2) is 6.61 Å².